The zero-order valence-electron chi connectivity index (χ0n) is 6.59. The normalized spacial score (nSPS) is 18.0. The van der Waals surface area contributed by atoms with Gasteiger partial charge in [-0.05, 0) is 12.3 Å². The van der Waals surface area contributed by atoms with Crippen LogP contribution in [0.1, 0.15) is 27.2 Å². The van der Waals surface area contributed by atoms with Crippen LogP contribution in [0.5, 0.6) is 0 Å². The first-order chi connectivity index (χ1) is 4.09. The summed E-state index contributed by atoms with van der Waals surface area (Å²) in [6.45, 7) is 6.26. The van der Waals surface area contributed by atoms with Crippen LogP contribution in [0.15, 0.2) is 0 Å². The molecule has 56 valence electrons. The second-order valence-electron chi connectivity index (χ2n) is 2.89. The first-order valence-corrected chi connectivity index (χ1v) is 3.60. The van der Waals surface area contributed by atoms with E-state index in [1.54, 1.807) is 0 Å². The Labute approximate surface area is 57.6 Å². The molecule has 0 aromatic rings. The molecular formula is C7H18N2. The SMILES string of the molecule is CCC(N)C(N)C(C)C. The highest BCUT2D eigenvalue weighted by Gasteiger charge is 2.13. The molecule has 2 atom stereocenters. The monoisotopic (exact) mass is 130 g/mol. The van der Waals surface area contributed by atoms with Crippen LogP contribution in [0, 0.1) is 5.92 Å². The summed E-state index contributed by atoms with van der Waals surface area (Å²) in [4.78, 5) is 0. The second-order valence-corrected chi connectivity index (χ2v) is 2.89. The lowest BCUT2D eigenvalue weighted by molar-refractivity contribution is 0.407. The van der Waals surface area contributed by atoms with E-state index < -0.39 is 0 Å². The van der Waals surface area contributed by atoms with Crippen molar-refractivity contribution in [1.82, 2.24) is 0 Å². The minimum absolute atomic E-state index is 0.162. The van der Waals surface area contributed by atoms with Crippen LogP contribution >= 0.6 is 0 Å². The molecule has 0 fully saturated rings. The van der Waals surface area contributed by atoms with Gasteiger partial charge in [0.05, 0.1) is 0 Å². The van der Waals surface area contributed by atoms with Gasteiger partial charge in [-0.15, -0.1) is 0 Å². The molecule has 9 heavy (non-hydrogen) atoms. The van der Waals surface area contributed by atoms with Crippen molar-refractivity contribution in [2.75, 3.05) is 0 Å². The van der Waals surface area contributed by atoms with Gasteiger partial charge in [-0.1, -0.05) is 20.8 Å². The van der Waals surface area contributed by atoms with E-state index in [9.17, 15) is 0 Å². The molecule has 2 nitrogen and oxygen atoms in total. The van der Waals surface area contributed by atoms with Gasteiger partial charge in [-0.3, -0.25) is 0 Å². The predicted octanol–water partition coefficient (Wildman–Crippen LogP) is 0.707. The molecule has 0 amide bonds. The summed E-state index contributed by atoms with van der Waals surface area (Å²) in [5.74, 6) is 0.500. The molecule has 0 spiro atoms. The van der Waals surface area contributed by atoms with Crippen molar-refractivity contribution in [2.24, 2.45) is 17.4 Å². The Morgan fingerprint density at radius 2 is 1.67 bits per heavy atom. The highest BCUT2D eigenvalue weighted by Crippen LogP contribution is 2.03. The molecule has 2 unspecified atom stereocenters. The predicted molar refractivity (Wildman–Crippen MR) is 41.1 cm³/mol. The van der Waals surface area contributed by atoms with Crippen LogP contribution in [-0.4, -0.2) is 12.1 Å². The minimum atomic E-state index is 0.162. The van der Waals surface area contributed by atoms with Crippen molar-refractivity contribution in [1.29, 1.82) is 0 Å². The quantitative estimate of drug-likeness (QED) is 0.591. The largest absolute Gasteiger partial charge is 0.326 e. The third-order valence-corrected chi connectivity index (χ3v) is 1.74. The van der Waals surface area contributed by atoms with E-state index in [2.05, 4.69) is 20.8 Å². The molecule has 4 N–H and O–H groups in total. The van der Waals surface area contributed by atoms with Crippen molar-refractivity contribution < 1.29 is 0 Å². The Hall–Kier alpha value is -0.0800. The maximum atomic E-state index is 5.75. The first-order valence-electron chi connectivity index (χ1n) is 3.60. The van der Waals surface area contributed by atoms with Gasteiger partial charge >= 0.3 is 0 Å². The molecule has 0 aromatic carbocycles. The van der Waals surface area contributed by atoms with Gasteiger partial charge in [0.15, 0.2) is 0 Å². The highest BCUT2D eigenvalue weighted by atomic mass is 14.8. The lowest BCUT2D eigenvalue weighted by Crippen LogP contribution is -2.44. The average molecular weight is 130 g/mol. The third kappa shape index (κ3) is 2.82. The van der Waals surface area contributed by atoms with Gasteiger partial charge in [0.2, 0.25) is 0 Å². The Kier molecular flexibility index (Phi) is 3.82. The Bertz CT molecular complexity index is 71.3. The maximum absolute atomic E-state index is 5.75. The van der Waals surface area contributed by atoms with Crippen LogP contribution in [0.25, 0.3) is 0 Å². The standard InChI is InChI=1S/C7H18N2/c1-4-6(8)7(9)5(2)3/h5-7H,4,8-9H2,1-3H3. The van der Waals surface area contributed by atoms with Crippen LogP contribution in [-0.2, 0) is 0 Å². The van der Waals surface area contributed by atoms with Crippen molar-refractivity contribution in [3.8, 4) is 0 Å². The van der Waals surface area contributed by atoms with Crippen LogP contribution < -0.4 is 11.5 Å². The summed E-state index contributed by atoms with van der Waals surface area (Å²) >= 11 is 0. The van der Waals surface area contributed by atoms with Gasteiger partial charge in [0, 0.05) is 12.1 Å². The fraction of sp³-hybridized carbons (Fsp3) is 1.00. The summed E-state index contributed by atoms with van der Waals surface area (Å²) in [7, 11) is 0. The number of hydrogen-bond donors (Lipinski definition) is 2. The Morgan fingerprint density at radius 3 is 1.78 bits per heavy atom. The molecule has 2 heteroatoms. The van der Waals surface area contributed by atoms with Crippen molar-refractivity contribution >= 4 is 0 Å². The second kappa shape index (κ2) is 3.85. The molecule has 0 heterocycles. The maximum Gasteiger partial charge on any atom is 0.0215 e. The number of rotatable bonds is 3. The summed E-state index contributed by atoms with van der Waals surface area (Å²) in [5.41, 5.74) is 11.4. The van der Waals surface area contributed by atoms with E-state index in [1.165, 1.54) is 0 Å². The van der Waals surface area contributed by atoms with Crippen LogP contribution in [0.2, 0.25) is 0 Å². The van der Waals surface area contributed by atoms with E-state index in [0.717, 1.165) is 6.42 Å². The van der Waals surface area contributed by atoms with Crippen molar-refractivity contribution in [3.63, 3.8) is 0 Å². The smallest absolute Gasteiger partial charge is 0.0215 e. The van der Waals surface area contributed by atoms with Gasteiger partial charge in [-0.2, -0.15) is 0 Å². The zero-order chi connectivity index (χ0) is 7.44. The van der Waals surface area contributed by atoms with E-state index in [1.807, 2.05) is 0 Å². The van der Waals surface area contributed by atoms with E-state index in [-0.39, 0.29) is 12.1 Å². The van der Waals surface area contributed by atoms with Gasteiger partial charge in [0.25, 0.3) is 0 Å². The summed E-state index contributed by atoms with van der Waals surface area (Å²) in [5, 5.41) is 0. The Morgan fingerprint density at radius 1 is 1.22 bits per heavy atom. The van der Waals surface area contributed by atoms with Gasteiger partial charge in [-0.25, -0.2) is 0 Å². The fourth-order valence-electron chi connectivity index (χ4n) is 0.767. The Balaban J connectivity index is 3.58. The molecule has 0 radical (unpaired) electrons. The summed E-state index contributed by atoms with van der Waals surface area (Å²) in [6, 6.07) is 0.333. The lowest BCUT2D eigenvalue weighted by atomic mass is 9.97. The molecule has 0 saturated carbocycles. The average Bonchev–Trinajstić information content (AvgIpc) is 1.84. The van der Waals surface area contributed by atoms with Gasteiger partial charge in [0.1, 0.15) is 0 Å². The van der Waals surface area contributed by atoms with E-state index in [0.29, 0.717) is 5.92 Å². The molecule has 0 aliphatic carbocycles. The summed E-state index contributed by atoms with van der Waals surface area (Å²) < 4.78 is 0. The first kappa shape index (κ1) is 8.92. The summed E-state index contributed by atoms with van der Waals surface area (Å²) in [6.07, 6.45) is 0.972. The lowest BCUT2D eigenvalue weighted by Gasteiger charge is -2.21. The van der Waals surface area contributed by atoms with E-state index in [4.69, 9.17) is 11.5 Å². The third-order valence-electron chi connectivity index (χ3n) is 1.74. The topological polar surface area (TPSA) is 52.0 Å². The van der Waals surface area contributed by atoms with Crippen molar-refractivity contribution in [3.05, 3.63) is 0 Å². The van der Waals surface area contributed by atoms with Crippen LogP contribution in [0.4, 0.5) is 0 Å². The molecule has 0 saturated heterocycles. The molecule has 0 aromatic heterocycles. The van der Waals surface area contributed by atoms with Gasteiger partial charge < -0.3 is 11.5 Å². The van der Waals surface area contributed by atoms with Crippen molar-refractivity contribution in [2.45, 2.75) is 39.3 Å². The zero-order valence-corrected chi connectivity index (χ0v) is 6.59. The number of nitrogens with two attached hydrogens (primary N) is 2. The molecule has 0 aliphatic rings. The number of hydrogen-bond acceptors (Lipinski definition) is 2. The minimum Gasteiger partial charge on any atom is -0.326 e. The molecule has 0 bridgehead atoms. The fourth-order valence-corrected chi connectivity index (χ4v) is 0.767. The van der Waals surface area contributed by atoms with E-state index >= 15 is 0 Å². The molecule has 0 aliphatic heterocycles. The van der Waals surface area contributed by atoms with Crippen LogP contribution in [0.3, 0.4) is 0 Å². The highest BCUT2D eigenvalue weighted by molar-refractivity contribution is 4.76. The molecular weight excluding hydrogens is 112 g/mol. The molecule has 0 rings (SSSR count).